The average molecular weight is 516 g/mol. The number of alkyl halides is 6. The minimum atomic E-state index is -5.09. The van der Waals surface area contributed by atoms with E-state index in [0.29, 0.717) is 38.1 Å². The van der Waals surface area contributed by atoms with Crippen molar-refractivity contribution < 1.29 is 45.8 Å². The van der Waals surface area contributed by atoms with Gasteiger partial charge in [0.15, 0.2) is 0 Å². The quantitative estimate of drug-likeness (QED) is 0.447. The Bertz CT molecular complexity index is 1110. The summed E-state index contributed by atoms with van der Waals surface area (Å²) in [5.41, 5.74) is -2.23. The summed E-state index contributed by atoms with van der Waals surface area (Å²) in [6.07, 6.45) is -11.3. The standard InChI is InChI=1S/C24H22F6N2O4/c25-23(26,27)16-11-15(12-17(13-16)24(28,29)30)21(33)36-19-6-5-14-3-1-2-4-18(14)20(19)31-7-9-32(10-8-31)22(34)35/h1-4,11-13,19-20H,5-10H2,(H,34,35)/t19-,20-/m0/s1. The van der Waals surface area contributed by atoms with Gasteiger partial charge in [0.25, 0.3) is 0 Å². The normalized spacial score (nSPS) is 21.1. The largest absolute Gasteiger partial charge is 0.465 e. The molecule has 36 heavy (non-hydrogen) atoms. The van der Waals surface area contributed by atoms with Gasteiger partial charge in [0.1, 0.15) is 6.10 Å². The maximum atomic E-state index is 13.2. The van der Waals surface area contributed by atoms with Gasteiger partial charge in [-0.25, -0.2) is 9.59 Å². The minimum absolute atomic E-state index is 0.0433. The Hall–Kier alpha value is -3.28. The van der Waals surface area contributed by atoms with Crippen LogP contribution in [0.25, 0.3) is 0 Å². The van der Waals surface area contributed by atoms with Crippen LogP contribution in [0.2, 0.25) is 0 Å². The van der Waals surface area contributed by atoms with Crippen LogP contribution in [0.3, 0.4) is 0 Å². The number of nitrogens with zero attached hydrogens (tertiary/aromatic N) is 2. The van der Waals surface area contributed by atoms with Gasteiger partial charge >= 0.3 is 24.4 Å². The van der Waals surface area contributed by atoms with Crippen molar-refractivity contribution in [2.24, 2.45) is 0 Å². The molecule has 1 heterocycles. The smallest absolute Gasteiger partial charge is 0.416 e. The van der Waals surface area contributed by atoms with Crippen LogP contribution in [-0.2, 0) is 23.5 Å². The summed E-state index contributed by atoms with van der Waals surface area (Å²) in [5, 5.41) is 9.23. The van der Waals surface area contributed by atoms with Crippen LogP contribution in [0.4, 0.5) is 31.1 Å². The molecule has 1 aliphatic carbocycles. The Morgan fingerprint density at radius 1 is 0.889 bits per heavy atom. The van der Waals surface area contributed by atoms with E-state index in [-0.39, 0.29) is 19.2 Å². The number of carboxylic acid groups (broad SMARTS) is 1. The fraction of sp³-hybridized carbons (Fsp3) is 0.417. The molecule has 0 spiro atoms. The zero-order chi connectivity index (χ0) is 26.3. The molecule has 2 atom stereocenters. The zero-order valence-corrected chi connectivity index (χ0v) is 18.8. The number of hydrogen-bond acceptors (Lipinski definition) is 4. The summed E-state index contributed by atoms with van der Waals surface area (Å²) >= 11 is 0. The van der Waals surface area contributed by atoms with Gasteiger partial charge in [-0.05, 0) is 42.2 Å². The lowest BCUT2D eigenvalue weighted by molar-refractivity contribution is -0.143. The van der Waals surface area contributed by atoms with E-state index in [1.54, 1.807) is 6.07 Å². The number of benzene rings is 2. The monoisotopic (exact) mass is 516 g/mol. The Morgan fingerprint density at radius 3 is 2.03 bits per heavy atom. The Kier molecular flexibility index (Phi) is 6.91. The van der Waals surface area contributed by atoms with Gasteiger partial charge in [-0.15, -0.1) is 0 Å². The molecule has 12 heteroatoms. The fourth-order valence-corrected chi connectivity index (χ4v) is 4.73. The molecule has 0 saturated carbocycles. The van der Waals surface area contributed by atoms with Crippen molar-refractivity contribution in [2.75, 3.05) is 26.2 Å². The van der Waals surface area contributed by atoms with E-state index in [0.717, 1.165) is 11.1 Å². The van der Waals surface area contributed by atoms with Crippen LogP contribution in [-0.4, -0.2) is 59.3 Å². The molecule has 1 fully saturated rings. The summed E-state index contributed by atoms with van der Waals surface area (Å²) in [5.74, 6) is -1.29. The lowest BCUT2D eigenvalue weighted by atomic mass is 9.84. The van der Waals surface area contributed by atoms with Crippen LogP contribution in [0, 0.1) is 0 Å². The molecule has 6 nitrogen and oxygen atoms in total. The lowest BCUT2D eigenvalue weighted by Crippen LogP contribution is -2.52. The number of carbonyl (C=O) groups is 2. The summed E-state index contributed by atoms with van der Waals surface area (Å²) in [4.78, 5) is 27.3. The highest BCUT2D eigenvalue weighted by atomic mass is 19.4. The van der Waals surface area contributed by atoms with Gasteiger partial charge < -0.3 is 14.7 Å². The Labute approximate surface area is 202 Å². The van der Waals surface area contributed by atoms with E-state index < -0.39 is 53.3 Å². The Morgan fingerprint density at radius 2 is 1.47 bits per heavy atom. The molecule has 1 amide bonds. The first kappa shape index (κ1) is 25.8. The minimum Gasteiger partial charge on any atom is -0.465 e. The van der Waals surface area contributed by atoms with Crippen LogP contribution in [0.5, 0.6) is 0 Å². The molecule has 0 unspecified atom stereocenters. The predicted octanol–water partition coefficient (Wildman–Crippen LogP) is 5.23. The third-order valence-corrected chi connectivity index (χ3v) is 6.48. The number of amides is 1. The number of fused-ring (bicyclic) bond motifs is 1. The summed E-state index contributed by atoms with van der Waals surface area (Å²) in [7, 11) is 0. The number of aryl methyl sites for hydroxylation is 1. The topological polar surface area (TPSA) is 70.1 Å². The summed E-state index contributed by atoms with van der Waals surface area (Å²) in [6.45, 7) is 1.05. The van der Waals surface area contributed by atoms with Gasteiger partial charge in [0.05, 0.1) is 22.7 Å². The first-order chi connectivity index (χ1) is 16.8. The zero-order valence-electron chi connectivity index (χ0n) is 18.8. The molecule has 0 aromatic heterocycles. The second-order valence-corrected chi connectivity index (χ2v) is 8.73. The van der Waals surface area contributed by atoms with Crippen LogP contribution < -0.4 is 0 Å². The van der Waals surface area contributed by atoms with Crippen molar-refractivity contribution in [1.82, 2.24) is 9.80 Å². The van der Waals surface area contributed by atoms with E-state index >= 15 is 0 Å². The molecule has 0 radical (unpaired) electrons. The molecule has 1 saturated heterocycles. The van der Waals surface area contributed by atoms with Crippen molar-refractivity contribution in [3.8, 4) is 0 Å². The number of piperazine rings is 1. The number of hydrogen-bond donors (Lipinski definition) is 1. The maximum absolute atomic E-state index is 13.2. The van der Waals surface area contributed by atoms with Crippen molar-refractivity contribution in [2.45, 2.75) is 37.3 Å². The molecule has 2 aromatic carbocycles. The van der Waals surface area contributed by atoms with E-state index in [4.69, 9.17) is 4.74 Å². The molecule has 1 N–H and O–H groups in total. The first-order valence-electron chi connectivity index (χ1n) is 11.1. The van der Waals surface area contributed by atoms with E-state index in [2.05, 4.69) is 0 Å². The maximum Gasteiger partial charge on any atom is 0.416 e. The third kappa shape index (κ3) is 5.43. The van der Waals surface area contributed by atoms with E-state index in [1.807, 2.05) is 23.1 Å². The van der Waals surface area contributed by atoms with Crippen molar-refractivity contribution >= 4 is 12.1 Å². The SMILES string of the molecule is O=C(O[C@H]1CCc2ccccc2[C@@H]1N1CCN(C(=O)O)CC1)c1cc(C(F)(F)F)cc(C(F)(F)F)c1. The van der Waals surface area contributed by atoms with Crippen LogP contribution >= 0.6 is 0 Å². The average Bonchev–Trinajstić information content (AvgIpc) is 2.82. The van der Waals surface area contributed by atoms with Crippen LogP contribution in [0.15, 0.2) is 42.5 Å². The Balaban J connectivity index is 1.63. The molecule has 0 bridgehead atoms. The van der Waals surface area contributed by atoms with Crippen LogP contribution in [0.1, 0.15) is 45.1 Å². The molecule has 2 aromatic rings. The van der Waals surface area contributed by atoms with E-state index in [1.165, 1.54) is 4.90 Å². The highest BCUT2D eigenvalue weighted by Crippen LogP contribution is 2.39. The number of ether oxygens (including phenoxy) is 1. The molecule has 194 valence electrons. The summed E-state index contributed by atoms with van der Waals surface area (Å²) < 4.78 is 85.0. The molecule has 4 rings (SSSR count). The van der Waals surface area contributed by atoms with Gasteiger partial charge in [-0.1, -0.05) is 24.3 Å². The van der Waals surface area contributed by atoms with Crippen molar-refractivity contribution in [1.29, 1.82) is 0 Å². The number of carbonyl (C=O) groups excluding carboxylic acids is 1. The second kappa shape index (κ2) is 9.64. The fourth-order valence-electron chi connectivity index (χ4n) is 4.73. The molecular formula is C24H22F6N2O4. The van der Waals surface area contributed by atoms with Crippen molar-refractivity contribution in [3.63, 3.8) is 0 Å². The number of halogens is 6. The first-order valence-corrected chi connectivity index (χ1v) is 11.1. The highest BCUT2D eigenvalue weighted by molar-refractivity contribution is 5.90. The molecule has 2 aliphatic rings. The number of rotatable bonds is 3. The van der Waals surface area contributed by atoms with Crippen molar-refractivity contribution in [3.05, 3.63) is 70.3 Å². The predicted molar refractivity (Wildman–Crippen MR) is 114 cm³/mol. The highest BCUT2D eigenvalue weighted by Gasteiger charge is 2.40. The third-order valence-electron chi connectivity index (χ3n) is 6.48. The van der Waals surface area contributed by atoms with Gasteiger partial charge in [-0.2, -0.15) is 26.3 Å². The van der Waals surface area contributed by atoms with Gasteiger partial charge in [0.2, 0.25) is 0 Å². The van der Waals surface area contributed by atoms with Gasteiger partial charge in [0, 0.05) is 26.2 Å². The van der Waals surface area contributed by atoms with Gasteiger partial charge in [-0.3, -0.25) is 4.90 Å². The molecular weight excluding hydrogens is 494 g/mol. The van der Waals surface area contributed by atoms with E-state index in [9.17, 15) is 41.0 Å². The number of esters is 1. The second-order valence-electron chi connectivity index (χ2n) is 8.73. The molecule has 1 aliphatic heterocycles. The summed E-state index contributed by atoms with van der Waals surface area (Å²) in [6, 6.07) is 7.49. The lowest BCUT2D eigenvalue weighted by Gasteiger charge is -2.44.